The monoisotopic (exact) mass is 266 g/mol. The molecule has 1 rings (SSSR count). The van der Waals surface area contributed by atoms with E-state index in [0.29, 0.717) is 0 Å². The average molecular weight is 267 g/mol. The molecule has 0 saturated carbocycles. The smallest absolute Gasteiger partial charge is 0.390 e. The summed E-state index contributed by atoms with van der Waals surface area (Å²) < 4.78 is 35.6. The Hall–Kier alpha value is -1.43. The zero-order valence-corrected chi connectivity index (χ0v) is 9.40. The van der Waals surface area contributed by atoms with E-state index in [4.69, 9.17) is 17.3 Å². The molecule has 0 radical (unpaired) electrons. The first kappa shape index (κ1) is 13.6. The Morgan fingerprint density at radius 1 is 1.41 bits per heavy atom. The molecule has 7 heteroatoms. The minimum absolute atomic E-state index is 0.0543. The molecular weight excluding hydrogens is 257 g/mol. The van der Waals surface area contributed by atoms with Crippen LogP contribution in [0.2, 0.25) is 5.02 Å². The van der Waals surface area contributed by atoms with Crippen molar-refractivity contribution in [2.45, 2.75) is 12.6 Å². The van der Waals surface area contributed by atoms with Gasteiger partial charge in [-0.25, -0.2) is 0 Å². The summed E-state index contributed by atoms with van der Waals surface area (Å²) in [6, 6.07) is 4.38. The zero-order chi connectivity index (χ0) is 13.1. The van der Waals surface area contributed by atoms with Crippen LogP contribution >= 0.6 is 11.6 Å². The number of carbonyl (C=O) groups excluding carboxylic acids is 1. The molecule has 17 heavy (non-hydrogen) atoms. The summed E-state index contributed by atoms with van der Waals surface area (Å²) in [6.07, 6.45) is -5.38. The second kappa shape index (κ2) is 5.27. The molecule has 3 nitrogen and oxygen atoms in total. The standard InChI is InChI=1S/C10H10ClF3N2O/c11-7-3-1-2-6(8(7)15)9(17)16-5-4-10(12,13)14/h1-3H,4-5,15H2,(H,16,17). The van der Waals surface area contributed by atoms with E-state index in [2.05, 4.69) is 5.32 Å². The van der Waals surface area contributed by atoms with Crippen LogP contribution in [0.25, 0.3) is 0 Å². The molecule has 0 heterocycles. The fourth-order valence-corrected chi connectivity index (χ4v) is 1.32. The number of hydrogen-bond donors (Lipinski definition) is 2. The molecule has 0 aliphatic heterocycles. The highest BCUT2D eigenvalue weighted by atomic mass is 35.5. The third-order valence-electron chi connectivity index (χ3n) is 1.99. The maximum Gasteiger partial charge on any atom is 0.390 e. The number of anilines is 1. The maximum absolute atomic E-state index is 11.9. The minimum Gasteiger partial charge on any atom is -0.397 e. The fourth-order valence-electron chi connectivity index (χ4n) is 1.15. The Labute approximate surface area is 101 Å². The van der Waals surface area contributed by atoms with Crippen molar-refractivity contribution in [3.8, 4) is 0 Å². The van der Waals surface area contributed by atoms with Gasteiger partial charge in [0, 0.05) is 6.54 Å². The highest BCUT2D eigenvalue weighted by Gasteiger charge is 2.26. The molecule has 0 fully saturated rings. The third kappa shape index (κ3) is 4.14. The molecular formula is C10H10ClF3N2O. The van der Waals surface area contributed by atoms with Gasteiger partial charge < -0.3 is 11.1 Å². The van der Waals surface area contributed by atoms with Crippen LogP contribution in [0.15, 0.2) is 18.2 Å². The van der Waals surface area contributed by atoms with Crippen molar-refractivity contribution >= 4 is 23.2 Å². The molecule has 0 bridgehead atoms. The summed E-state index contributed by atoms with van der Waals surface area (Å²) >= 11 is 5.68. The second-order valence-corrected chi connectivity index (χ2v) is 3.73. The van der Waals surface area contributed by atoms with Gasteiger partial charge in [0.2, 0.25) is 0 Å². The van der Waals surface area contributed by atoms with Crippen LogP contribution in [0, 0.1) is 0 Å². The predicted molar refractivity (Wildman–Crippen MR) is 58.9 cm³/mol. The van der Waals surface area contributed by atoms with Crippen molar-refractivity contribution in [3.63, 3.8) is 0 Å². The summed E-state index contributed by atoms with van der Waals surface area (Å²) in [5, 5.41) is 2.31. The predicted octanol–water partition coefficient (Wildman–Crippen LogP) is 2.60. The van der Waals surface area contributed by atoms with E-state index in [1.807, 2.05) is 0 Å². The van der Waals surface area contributed by atoms with E-state index in [9.17, 15) is 18.0 Å². The van der Waals surface area contributed by atoms with Crippen LogP contribution in [-0.2, 0) is 0 Å². The normalized spacial score (nSPS) is 11.3. The van der Waals surface area contributed by atoms with Gasteiger partial charge in [-0.3, -0.25) is 4.79 Å². The Kier molecular flexibility index (Phi) is 4.22. The Morgan fingerprint density at radius 2 is 2.06 bits per heavy atom. The van der Waals surface area contributed by atoms with E-state index in [-0.39, 0.29) is 16.3 Å². The molecule has 1 aromatic carbocycles. The number of carbonyl (C=O) groups is 1. The number of rotatable bonds is 3. The molecule has 0 atom stereocenters. The van der Waals surface area contributed by atoms with Crippen molar-refractivity contribution in [1.29, 1.82) is 0 Å². The number of hydrogen-bond acceptors (Lipinski definition) is 2. The van der Waals surface area contributed by atoms with E-state index in [1.54, 1.807) is 0 Å². The Balaban J connectivity index is 2.62. The summed E-state index contributed by atoms with van der Waals surface area (Å²) in [5.41, 5.74) is 5.65. The number of nitrogens with two attached hydrogens (primary N) is 1. The summed E-state index contributed by atoms with van der Waals surface area (Å²) in [6.45, 7) is -0.492. The lowest BCUT2D eigenvalue weighted by Gasteiger charge is -2.09. The third-order valence-corrected chi connectivity index (χ3v) is 2.32. The van der Waals surface area contributed by atoms with Crippen LogP contribution in [0.3, 0.4) is 0 Å². The van der Waals surface area contributed by atoms with Gasteiger partial charge in [0.15, 0.2) is 0 Å². The summed E-state index contributed by atoms with van der Waals surface area (Å²) in [5.74, 6) is -0.672. The van der Waals surface area contributed by atoms with Gasteiger partial charge >= 0.3 is 6.18 Å². The molecule has 0 aromatic heterocycles. The van der Waals surface area contributed by atoms with Crippen molar-refractivity contribution < 1.29 is 18.0 Å². The van der Waals surface area contributed by atoms with Gasteiger partial charge in [0.1, 0.15) is 0 Å². The molecule has 3 N–H and O–H groups in total. The average Bonchev–Trinajstić information content (AvgIpc) is 2.20. The van der Waals surface area contributed by atoms with Gasteiger partial charge in [0.25, 0.3) is 5.91 Å². The molecule has 0 aliphatic rings. The lowest BCUT2D eigenvalue weighted by atomic mass is 10.1. The second-order valence-electron chi connectivity index (χ2n) is 3.32. The molecule has 1 amide bonds. The number of alkyl halides is 3. The number of para-hydroxylation sites is 1. The van der Waals surface area contributed by atoms with Crippen LogP contribution in [0.4, 0.5) is 18.9 Å². The highest BCUT2D eigenvalue weighted by Crippen LogP contribution is 2.22. The molecule has 0 aliphatic carbocycles. The number of nitrogens with one attached hydrogen (secondary N) is 1. The quantitative estimate of drug-likeness (QED) is 0.826. The first-order valence-corrected chi connectivity index (χ1v) is 5.08. The number of halogens is 4. The van der Waals surface area contributed by atoms with Crippen molar-refractivity contribution in [2.75, 3.05) is 12.3 Å². The molecule has 0 spiro atoms. The first-order chi connectivity index (χ1) is 7.81. The van der Waals surface area contributed by atoms with Gasteiger partial charge in [-0.05, 0) is 12.1 Å². The molecule has 94 valence electrons. The van der Waals surface area contributed by atoms with E-state index in [1.165, 1.54) is 18.2 Å². The van der Waals surface area contributed by atoms with Gasteiger partial charge in [-0.15, -0.1) is 0 Å². The van der Waals surface area contributed by atoms with Crippen molar-refractivity contribution in [1.82, 2.24) is 5.32 Å². The highest BCUT2D eigenvalue weighted by molar-refractivity contribution is 6.33. The number of amides is 1. The van der Waals surface area contributed by atoms with E-state index < -0.39 is 25.0 Å². The maximum atomic E-state index is 11.9. The van der Waals surface area contributed by atoms with Crippen LogP contribution < -0.4 is 11.1 Å². The van der Waals surface area contributed by atoms with Gasteiger partial charge in [0.05, 0.1) is 22.7 Å². The van der Waals surface area contributed by atoms with Crippen LogP contribution in [-0.4, -0.2) is 18.6 Å². The van der Waals surface area contributed by atoms with Crippen LogP contribution in [0.1, 0.15) is 16.8 Å². The Bertz CT molecular complexity index is 421. The SMILES string of the molecule is Nc1c(Cl)cccc1C(=O)NCCC(F)(F)F. The van der Waals surface area contributed by atoms with Gasteiger partial charge in [-0.1, -0.05) is 17.7 Å². The fraction of sp³-hybridized carbons (Fsp3) is 0.300. The van der Waals surface area contributed by atoms with Crippen molar-refractivity contribution in [2.24, 2.45) is 0 Å². The first-order valence-electron chi connectivity index (χ1n) is 4.70. The topological polar surface area (TPSA) is 55.1 Å². The largest absolute Gasteiger partial charge is 0.397 e. The van der Waals surface area contributed by atoms with Gasteiger partial charge in [-0.2, -0.15) is 13.2 Å². The number of nitrogen functional groups attached to an aromatic ring is 1. The van der Waals surface area contributed by atoms with Crippen LogP contribution in [0.5, 0.6) is 0 Å². The summed E-state index contributed by atoms with van der Waals surface area (Å²) in [4.78, 5) is 11.5. The molecule has 1 aromatic rings. The Morgan fingerprint density at radius 3 is 2.65 bits per heavy atom. The van der Waals surface area contributed by atoms with Crippen molar-refractivity contribution in [3.05, 3.63) is 28.8 Å². The van der Waals surface area contributed by atoms with E-state index >= 15 is 0 Å². The lowest BCUT2D eigenvalue weighted by Crippen LogP contribution is -2.28. The van der Waals surface area contributed by atoms with E-state index in [0.717, 1.165) is 0 Å². The minimum atomic E-state index is -4.30. The molecule has 0 saturated heterocycles. The summed E-state index contributed by atoms with van der Waals surface area (Å²) in [7, 11) is 0. The molecule has 0 unspecified atom stereocenters. The zero-order valence-electron chi connectivity index (χ0n) is 8.64. The lowest BCUT2D eigenvalue weighted by molar-refractivity contribution is -0.132. The number of benzene rings is 1.